The predicted molar refractivity (Wildman–Crippen MR) is 74.7 cm³/mol. The van der Waals surface area contributed by atoms with E-state index in [-0.39, 0.29) is 0 Å². The van der Waals surface area contributed by atoms with Crippen molar-refractivity contribution in [1.82, 2.24) is 15.2 Å². The first-order valence-corrected chi connectivity index (χ1v) is 6.14. The quantitative estimate of drug-likeness (QED) is 0.632. The molecule has 4 nitrogen and oxygen atoms in total. The fourth-order valence-corrected chi connectivity index (χ4v) is 1.64. The molecule has 0 saturated carbocycles. The van der Waals surface area contributed by atoms with E-state index in [0.717, 1.165) is 11.1 Å². The molecule has 1 aromatic carbocycles. The van der Waals surface area contributed by atoms with Gasteiger partial charge >= 0.3 is 0 Å². The molecule has 0 saturated heterocycles. The second-order valence-corrected chi connectivity index (χ2v) is 4.27. The summed E-state index contributed by atoms with van der Waals surface area (Å²) in [6, 6.07) is 11.6. The van der Waals surface area contributed by atoms with Crippen LogP contribution in [0.2, 0.25) is 0 Å². The third-order valence-electron chi connectivity index (χ3n) is 2.70. The van der Waals surface area contributed by atoms with Gasteiger partial charge in [-0.05, 0) is 37.1 Å². The van der Waals surface area contributed by atoms with E-state index in [1.807, 2.05) is 43.3 Å². The molecule has 3 rings (SSSR count). The summed E-state index contributed by atoms with van der Waals surface area (Å²) in [6.45, 7) is 2.04. The Hall–Kier alpha value is -2.93. The molecule has 0 spiro atoms. The molecule has 0 fully saturated rings. The first-order valence-electron chi connectivity index (χ1n) is 6.14. The molecule has 0 atom stereocenters. The van der Waals surface area contributed by atoms with Gasteiger partial charge in [0.15, 0.2) is 0 Å². The molecule has 2 aromatic heterocycles. The number of benzene rings is 1. The Morgan fingerprint density at radius 2 is 1.85 bits per heavy atom. The van der Waals surface area contributed by atoms with Gasteiger partial charge in [0.2, 0.25) is 5.89 Å². The standard InChI is InChI=1S/C16H11N3O/c1-12-4-6-13(7-5-12)8-9-15-18-19-16(20-15)14-3-2-10-17-11-14/h2-7,10-11H,1H3. The highest BCUT2D eigenvalue weighted by atomic mass is 16.4. The lowest BCUT2D eigenvalue weighted by atomic mass is 10.2. The van der Waals surface area contributed by atoms with Crippen molar-refractivity contribution >= 4 is 0 Å². The Balaban J connectivity index is 1.83. The van der Waals surface area contributed by atoms with Crippen LogP contribution in [0.15, 0.2) is 53.2 Å². The molecule has 0 unspecified atom stereocenters. The number of aromatic nitrogens is 3. The molecule has 0 aliphatic carbocycles. The molecule has 0 bridgehead atoms. The molecular formula is C16H11N3O. The Bertz CT molecular complexity index is 765. The van der Waals surface area contributed by atoms with Gasteiger partial charge in [0, 0.05) is 18.0 Å². The van der Waals surface area contributed by atoms with Crippen LogP contribution >= 0.6 is 0 Å². The SMILES string of the molecule is Cc1ccc(C#Cc2nnc(-c3cccnc3)o2)cc1. The van der Waals surface area contributed by atoms with Gasteiger partial charge in [-0.25, -0.2) is 0 Å². The molecule has 4 heteroatoms. The normalized spacial score (nSPS) is 9.85. The lowest BCUT2D eigenvalue weighted by Gasteiger charge is -1.91. The average Bonchev–Trinajstić information content (AvgIpc) is 2.97. The summed E-state index contributed by atoms with van der Waals surface area (Å²) in [5.74, 6) is 6.57. The van der Waals surface area contributed by atoms with Crippen LogP contribution in [0.5, 0.6) is 0 Å². The molecule has 0 N–H and O–H groups in total. The molecular weight excluding hydrogens is 250 g/mol. The minimum absolute atomic E-state index is 0.296. The van der Waals surface area contributed by atoms with E-state index in [0.29, 0.717) is 11.8 Å². The van der Waals surface area contributed by atoms with Crippen molar-refractivity contribution in [3.8, 4) is 23.3 Å². The summed E-state index contributed by atoms with van der Waals surface area (Å²) in [7, 11) is 0. The van der Waals surface area contributed by atoms with Crippen molar-refractivity contribution in [3.05, 3.63) is 65.8 Å². The Labute approximate surface area is 116 Å². The molecule has 20 heavy (non-hydrogen) atoms. The van der Waals surface area contributed by atoms with Crippen LogP contribution in [0.25, 0.3) is 11.5 Å². The van der Waals surface area contributed by atoms with Crippen molar-refractivity contribution in [2.45, 2.75) is 6.92 Å². The average molecular weight is 261 g/mol. The van der Waals surface area contributed by atoms with Gasteiger partial charge in [-0.3, -0.25) is 4.98 Å². The molecule has 0 radical (unpaired) electrons. The molecule has 3 aromatic rings. The van der Waals surface area contributed by atoms with E-state index >= 15 is 0 Å². The molecule has 0 amide bonds. The number of aryl methyl sites for hydroxylation is 1. The summed E-state index contributed by atoms with van der Waals surface area (Å²) in [5.41, 5.74) is 2.90. The van der Waals surface area contributed by atoms with Crippen molar-refractivity contribution < 1.29 is 4.42 Å². The van der Waals surface area contributed by atoms with Crippen molar-refractivity contribution in [2.75, 3.05) is 0 Å². The van der Waals surface area contributed by atoms with Gasteiger partial charge in [0.05, 0.1) is 5.56 Å². The molecule has 0 aliphatic rings. The fourth-order valence-electron chi connectivity index (χ4n) is 1.64. The maximum Gasteiger partial charge on any atom is 0.294 e. The van der Waals surface area contributed by atoms with Gasteiger partial charge in [-0.15, -0.1) is 5.10 Å². The van der Waals surface area contributed by atoms with Crippen LogP contribution in [-0.2, 0) is 0 Å². The number of pyridine rings is 1. The minimum Gasteiger partial charge on any atom is -0.410 e. The van der Waals surface area contributed by atoms with Crippen LogP contribution in [0.3, 0.4) is 0 Å². The van der Waals surface area contributed by atoms with Gasteiger partial charge in [-0.2, -0.15) is 0 Å². The Kier molecular flexibility index (Phi) is 3.25. The van der Waals surface area contributed by atoms with E-state index in [1.54, 1.807) is 12.4 Å². The first kappa shape index (κ1) is 12.1. The third-order valence-corrected chi connectivity index (χ3v) is 2.70. The van der Waals surface area contributed by atoms with Crippen molar-refractivity contribution in [2.24, 2.45) is 0 Å². The smallest absolute Gasteiger partial charge is 0.294 e. The number of hydrogen-bond acceptors (Lipinski definition) is 4. The first-order chi connectivity index (χ1) is 9.81. The number of rotatable bonds is 1. The zero-order valence-corrected chi connectivity index (χ0v) is 10.9. The highest BCUT2D eigenvalue weighted by Gasteiger charge is 2.05. The number of nitrogens with zero attached hydrogens (tertiary/aromatic N) is 3. The van der Waals surface area contributed by atoms with Gasteiger partial charge in [-0.1, -0.05) is 28.7 Å². The second kappa shape index (κ2) is 5.37. The van der Waals surface area contributed by atoms with E-state index in [2.05, 4.69) is 27.0 Å². The van der Waals surface area contributed by atoms with E-state index in [9.17, 15) is 0 Å². The summed E-state index contributed by atoms with van der Waals surface area (Å²) >= 11 is 0. The topological polar surface area (TPSA) is 51.8 Å². The van der Waals surface area contributed by atoms with Gasteiger partial charge < -0.3 is 4.42 Å². The summed E-state index contributed by atoms with van der Waals surface area (Å²) in [5, 5.41) is 7.86. The Morgan fingerprint density at radius 3 is 2.60 bits per heavy atom. The van der Waals surface area contributed by atoms with Crippen molar-refractivity contribution in [3.63, 3.8) is 0 Å². The summed E-state index contributed by atoms with van der Waals surface area (Å²) in [6.07, 6.45) is 3.36. The largest absolute Gasteiger partial charge is 0.410 e. The molecule has 96 valence electrons. The minimum atomic E-state index is 0.296. The van der Waals surface area contributed by atoms with Crippen molar-refractivity contribution in [1.29, 1.82) is 0 Å². The second-order valence-electron chi connectivity index (χ2n) is 4.27. The predicted octanol–water partition coefficient (Wildman–Crippen LogP) is 2.84. The van der Waals surface area contributed by atoms with Gasteiger partial charge in [0.25, 0.3) is 5.89 Å². The van der Waals surface area contributed by atoms with Crippen LogP contribution in [0.4, 0.5) is 0 Å². The van der Waals surface area contributed by atoms with E-state index in [1.165, 1.54) is 5.56 Å². The van der Waals surface area contributed by atoms with Gasteiger partial charge in [0.1, 0.15) is 0 Å². The zero-order valence-electron chi connectivity index (χ0n) is 10.9. The van der Waals surface area contributed by atoms with Crippen LogP contribution in [0, 0.1) is 18.8 Å². The number of hydrogen-bond donors (Lipinski definition) is 0. The Morgan fingerprint density at radius 1 is 1.00 bits per heavy atom. The van der Waals surface area contributed by atoms with E-state index in [4.69, 9.17) is 4.42 Å². The maximum atomic E-state index is 5.48. The van der Waals surface area contributed by atoms with E-state index < -0.39 is 0 Å². The third kappa shape index (κ3) is 2.73. The lowest BCUT2D eigenvalue weighted by molar-refractivity contribution is 0.554. The van der Waals surface area contributed by atoms with Crippen LogP contribution in [-0.4, -0.2) is 15.2 Å². The summed E-state index contributed by atoms with van der Waals surface area (Å²) < 4.78 is 5.48. The maximum absolute atomic E-state index is 5.48. The monoisotopic (exact) mass is 261 g/mol. The highest BCUT2D eigenvalue weighted by Crippen LogP contribution is 2.15. The fraction of sp³-hybridized carbons (Fsp3) is 0.0625. The molecule has 2 heterocycles. The van der Waals surface area contributed by atoms with Crippen LogP contribution < -0.4 is 0 Å². The molecule has 0 aliphatic heterocycles. The highest BCUT2D eigenvalue weighted by molar-refractivity contribution is 5.50. The zero-order chi connectivity index (χ0) is 13.8. The lowest BCUT2D eigenvalue weighted by Crippen LogP contribution is -1.78. The summed E-state index contributed by atoms with van der Waals surface area (Å²) in [4.78, 5) is 4.01. The van der Waals surface area contributed by atoms with Crippen LogP contribution in [0.1, 0.15) is 17.0 Å².